The molecule has 3 heteroatoms. The molecule has 1 N–H and O–H groups in total. The van der Waals surface area contributed by atoms with E-state index in [1.807, 2.05) is 18.2 Å². The van der Waals surface area contributed by atoms with E-state index in [2.05, 4.69) is 17.1 Å². The quantitative estimate of drug-likeness (QED) is 0.721. The molecule has 1 aromatic carbocycles. The lowest BCUT2D eigenvalue weighted by Gasteiger charge is -2.06. The summed E-state index contributed by atoms with van der Waals surface area (Å²) in [4.78, 5) is 15.0. The number of pyridine rings is 1. The molecule has 0 radical (unpaired) electrons. The van der Waals surface area contributed by atoms with Gasteiger partial charge in [-0.3, -0.25) is 4.79 Å². The number of aromatic amines is 1. The second-order valence-corrected chi connectivity index (χ2v) is 5.00. The van der Waals surface area contributed by atoms with Crippen molar-refractivity contribution in [1.82, 2.24) is 4.98 Å². The highest BCUT2D eigenvalue weighted by atomic mass is 16.3. The van der Waals surface area contributed by atoms with E-state index in [-0.39, 0.29) is 5.56 Å². The molecule has 0 unspecified atom stereocenters. The lowest BCUT2D eigenvalue weighted by molar-refractivity contribution is 0.582. The first-order chi connectivity index (χ1) is 9.33. The molecule has 0 spiro atoms. The molecule has 2 aromatic heterocycles. The van der Waals surface area contributed by atoms with Crippen LogP contribution < -0.4 is 5.56 Å². The number of rotatable bonds is 1. The van der Waals surface area contributed by atoms with Crippen molar-refractivity contribution in [2.75, 3.05) is 0 Å². The standard InChI is InChI=1S/C16H13NO2/c18-16-13-4-1-3-11(13)12-7-6-10(9-14(12)17-16)15-5-2-8-19-15/h2,5-9H,1,3-4H2,(H,17,18). The highest BCUT2D eigenvalue weighted by Gasteiger charge is 2.18. The zero-order chi connectivity index (χ0) is 12.8. The molecule has 0 aliphatic heterocycles. The second-order valence-electron chi connectivity index (χ2n) is 5.00. The summed E-state index contributed by atoms with van der Waals surface area (Å²) in [7, 11) is 0. The summed E-state index contributed by atoms with van der Waals surface area (Å²) in [6.07, 6.45) is 4.65. The van der Waals surface area contributed by atoms with Gasteiger partial charge in [0, 0.05) is 22.0 Å². The Kier molecular flexibility index (Phi) is 2.15. The van der Waals surface area contributed by atoms with Crippen LogP contribution in [-0.2, 0) is 12.8 Å². The Labute approximate surface area is 109 Å². The topological polar surface area (TPSA) is 46.0 Å². The molecule has 0 saturated heterocycles. The van der Waals surface area contributed by atoms with Crippen LogP contribution in [0.4, 0.5) is 0 Å². The van der Waals surface area contributed by atoms with Crippen molar-refractivity contribution in [2.45, 2.75) is 19.3 Å². The summed E-state index contributed by atoms with van der Waals surface area (Å²) in [6.45, 7) is 0. The normalized spacial score (nSPS) is 13.9. The summed E-state index contributed by atoms with van der Waals surface area (Å²) >= 11 is 0. The molecule has 3 aromatic rings. The van der Waals surface area contributed by atoms with Gasteiger partial charge < -0.3 is 9.40 Å². The number of aromatic nitrogens is 1. The minimum atomic E-state index is 0.0663. The molecule has 0 saturated carbocycles. The summed E-state index contributed by atoms with van der Waals surface area (Å²) in [5.74, 6) is 0.822. The van der Waals surface area contributed by atoms with E-state index in [9.17, 15) is 4.79 Å². The van der Waals surface area contributed by atoms with Crippen molar-refractivity contribution in [2.24, 2.45) is 0 Å². The summed E-state index contributed by atoms with van der Waals surface area (Å²) in [5.41, 5.74) is 4.16. The van der Waals surface area contributed by atoms with Gasteiger partial charge >= 0.3 is 0 Å². The summed E-state index contributed by atoms with van der Waals surface area (Å²) in [5, 5.41) is 1.17. The highest BCUT2D eigenvalue weighted by molar-refractivity contribution is 5.87. The van der Waals surface area contributed by atoms with Crippen molar-refractivity contribution < 1.29 is 4.42 Å². The SMILES string of the molecule is O=c1[nH]c2cc(-c3ccco3)ccc2c2c1CCC2. The van der Waals surface area contributed by atoms with Gasteiger partial charge in [0.15, 0.2) is 0 Å². The van der Waals surface area contributed by atoms with Gasteiger partial charge in [0.2, 0.25) is 0 Å². The van der Waals surface area contributed by atoms with E-state index < -0.39 is 0 Å². The van der Waals surface area contributed by atoms with Crippen molar-refractivity contribution in [3.63, 3.8) is 0 Å². The van der Waals surface area contributed by atoms with Crippen LogP contribution in [0.25, 0.3) is 22.2 Å². The van der Waals surface area contributed by atoms with Crippen LogP contribution in [0.2, 0.25) is 0 Å². The summed E-state index contributed by atoms with van der Waals surface area (Å²) < 4.78 is 5.40. The molecule has 94 valence electrons. The predicted octanol–water partition coefficient (Wildman–Crippen LogP) is 3.28. The largest absolute Gasteiger partial charge is 0.464 e. The second kappa shape index (κ2) is 3.85. The first kappa shape index (κ1) is 10.6. The number of H-pyrrole nitrogens is 1. The van der Waals surface area contributed by atoms with Gasteiger partial charge in [0.05, 0.1) is 6.26 Å². The van der Waals surface area contributed by atoms with Gasteiger partial charge in [-0.15, -0.1) is 0 Å². The number of hydrogen-bond acceptors (Lipinski definition) is 2. The molecule has 0 amide bonds. The van der Waals surface area contributed by atoms with Crippen molar-refractivity contribution in [3.05, 3.63) is 58.1 Å². The lowest BCUT2D eigenvalue weighted by Crippen LogP contribution is -2.12. The fraction of sp³-hybridized carbons (Fsp3) is 0.188. The fourth-order valence-corrected chi connectivity index (χ4v) is 3.00. The van der Waals surface area contributed by atoms with E-state index in [4.69, 9.17) is 4.42 Å². The van der Waals surface area contributed by atoms with E-state index in [1.54, 1.807) is 6.26 Å². The third kappa shape index (κ3) is 1.55. The zero-order valence-electron chi connectivity index (χ0n) is 10.4. The molecular formula is C16H13NO2. The average molecular weight is 251 g/mol. The van der Waals surface area contributed by atoms with E-state index in [1.165, 1.54) is 10.9 Å². The monoisotopic (exact) mass is 251 g/mol. The van der Waals surface area contributed by atoms with E-state index >= 15 is 0 Å². The van der Waals surface area contributed by atoms with Crippen molar-refractivity contribution in [3.8, 4) is 11.3 Å². The van der Waals surface area contributed by atoms with Gasteiger partial charge in [0.25, 0.3) is 5.56 Å². The Morgan fingerprint density at radius 3 is 2.84 bits per heavy atom. The van der Waals surface area contributed by atoms with Gasteiger partial charge in [-0.1, -0.05) is 12.1 Å². The molecule has 2 heterocycles. The fourth-order valence-electron chi connectivity index (χ4n) is 3.00. The Morgan fingerprint density at radius 2 is 2.00 bits per heavy atom. The van der Waals surface area contributed by atoms with Crippen LogP contribution in [0.15, 0.2) is 45.8 Å². The van der Waals surface area contributed by atoms with Crippen molar-refractivity contribution >= 4 is 10.9 Å². The average Bonchev–Trinajstić information content (AvgIpc) is 3.10. The van der Waals surface area contributed by atoms with Gasteiger partial charge in [0.1, 0.15) is 5.76 Å². The maximum Gasteiger partial charge on any atom is 0.251 e. The van der Waals surface area contributed by atoms with E-state index in [0.717, 1.165) is 41.7 Å². The Hall–Kier alpha value is -2.29. The molecule has 1 aliphatic carbocycles. The Morgan fingerprint density at radius 1 is 1.11 bits per heavy atom. The maximum absolute atomic E-state index is 12.0. The van der Waals surface area contributed by atoms with Crippen LogP contribution in [0, 0.1) is 0 Å². The summed E-state index contributed by atoms with van der Waals surface area (Å²) in [6, 6.07) is 9.93. The number of benzene rings is 1. The number of hydrogen-bond donors (Lipinski definition) is 1. The maximum atomic E-state index is 12.0. The van der Waals surface area contributed by atoms with Crippen LogP contribution in [0.5, 0.6) is 0 Å². The third-order valence-corrected chi connectivity index (χ3v) is 3.89. The Bertz CT molecular complexity index is 813. The zero-order valence-corrected chi connectivity index (χ0v) is 10.4. The molecular weight excluding hydrogens is 238 g/mol. The van der Waals surface area contributed by atoms with Crippen LogP contribution in [0.3, 0.4) is 0 Å². The lowest BCUT2D eigenvalue weighted by atomic mass is 10.0. The molecule has 4 rings (SSSR count). The minimum Gasteiger partial charge on any atom is -0.464 e. The minimum absolute atomic E-state index is 0.0663. The van der Waals surface area contributed by atoms with Gasteiger partial charge in [-0.05, 0) is 43.0 Å². The molecule has 19 heavy (non-hydrogen) atoms. The first-order valence-corrected chi connectivity index (χ1v) is 6.54. The van der Waals surface area contributed by atoms with Crippen LogP contribution >= 0.6 is 0 Å². The molecule has 0 bridgehead atoms. The van der Waals surface area contributed by atoms with Gasteiger partial charge in [-0.2, -0.15) is 0 Å². The number of furan rings is 1. The van der Waals surface area contributed by atoms with Crippen LogP contribution in [-0.4, -0.2) is 4.98 Å². The molecule has 3 nitrogen and oxygen atoms in total. The van der Waals surface area contributed by atoms with Crippen LogP contribution in [0.1, 0.15) is 17.5 Å². The van der Waals surface area contributed by atoms with Gasteiger partial charge in [-0.25, -0.2) is 0 Å². The van der Waals surface area contributed by atoms with Crippen molar-refractivity contribution in [1.29, 1.82) is 0 Å². The molecule has 1 aliphatic rings. The first-order valence-electron chi connectivity index (χ1n) is 6.54. The smallest absolute Gasteiger partial charge is 0.251 e. The Balaban J connectivity index is 2.01. The number of aryl methyl sites for hydroxylation is 1. The van der Waals surface area contributed by atoms with E-state index in [0.29, 0.717) is 0 Å². The molecule has 0 atom stereocenters. The third-order valence-electron chi connectivity index (χ3n) is 3.89. The predicted molar refractivity (Wildman–Crippen MR) is 74.3 cm³/mol. The number of fused-ring (bicyclic) bond motifs is 3. The highest BCUT2D eigenvalue weighted by Crippen LogP contribution is 2.29. The number of nitrogens with one attached hydrogen (secondary N) is 1. The molecule has 0 fully saturated rings.